The highest BCUT2D eigenvalue weighted by Gasteiger charge is 2.37. The lowest BCUT2D eigenvalue weighted by Gasteiger charge is -2.23. The van der Waals surface area contributed by atoms with Gasteiger partial charge in [0.05, 0.1) is 24.1 Å². The first-order chi connectivity index (χ1) is 15.0. The molecule has 3 heterocycles. The number of carbonyl (C=O) groups is 2. The number of hydrogen-bond acceptors (Lipinski definition) is 9. The van der Waals surface area contributed by atoms with E-state index in [1.807, 2.05) is 13.2 Å². The number of nitrogens with one attached hydrogen (secondary N) is 1. The van der Waals surface area contributed by atoms with Gasteiger partial charge in [0.25, 0.3) is 5.91 Å². The Kier molecular flexibility index (Phi) is 6.25. The Bertz CT molecular complexity index is 1160. The monoisotopic (exact) mass is 472 g/mol. The lowest BCUT2D eigenvalue weighted by Crippen LogP contribution is -2.41. The van der Waals surface area contributed by atoms with Crippen LogP contribution in [0.3, 0.4) is 0 Å². The molecule has 1 amide bonds. The molecule has 0 saturated carbocycles. The number of hydrogen-bond donors (Lipinski definition) is 1. The molecule has 0 saturated heterocycles. The quantitative estimate of drug-likeness (QED) is 0.299. The summed E-state index contributed by atoms with van der Waals surface area (Å²) >= 11 is 3.74. The van der Waals surface area contributed by atoms with Crippen LogP contribution >= 0.6 is 35.0 Å². The van der Waals surface area contributed by atoms with Crippen molar-refractivity contribution in [2.75, 3.05) is 12.9 Å². The van der Waals surface area contributed by atoms with Crippen molar-refractivity contribution in [1.82, 2.24) is 4.90 Å². The van der Waals surface area contributed by atoms with E-state index in [1.165, 1.54) is 23.1 Å². The molecule has 0 unspecified atom stereocenters. The molecule has 0 aliphatic carbocycles. The fraction of sp³-hybridized carbons (Fsp3) is 0.150. The lowest BCUT2D eigenvalue weighted by atomic mass is 10.1. The molecule has 158 valence electrons. The number of thioether (sulfide) groups is 1. The second-order valence-corrected chi connectivity index (χ2v) is 8.57. The highest BCUT2D eigenvalue weighted by molar-refractivity contribution is 8.18. The van der Waals surface area contributed by atoms with Crippen LogP contribution < -0.4 is 9.47 Å². The maximum atomic E-state index is 12.5. The Hall–Kier alpha value is -2.89. The van der Waals surface area contributed by atoms with Gasteiger partial charge in [0.2, 0.25) is 5.17 Å². The standard InChI is InChI=1S/C20H16N4O4S3/c1-3-27-14-10-11(6-7-13(14)28-18(26)15-5-4-8-30-15)9-12-16(21)24-19(22-17(12)25)31-23-20(24)29-2/h4-10,21H,3H2,1-2H3/b12-9-,21-16?. The molecular weight excluding hydrogens is 456 g/mol. The predicted octanol–water partition coefficient (Wildman–Crippen LogP) is 4.31. The molecule has 1 aromatic carbocycles. The van der Waals surface area contributed by atoms with E-state index in [2.05, 4.69) is 9.39 Å². The number of rotatable bonds is 5. The SMILES string of the molecule is CCOc1cc(/C=C2/C(=N)N3C(SC)=NSC3=NC2=O)ccc1OC(=O)c1cccs1. The van der Waals surface area contributed by atoms with Gasteiger partial charge in [0.1, 0.15) is 10.7 Å². The van der Waals surface area contributed by atoms with E-state index < -0.39 is 11.9 Å². The summed E-state index contributed by atoms with van der Waals surface area (Å²) in [7, 11) is 0. The number of benzene rings is 1. The van der Waals surface area contributed by atoms with Crippen molar-refractivity contribution in [3.8, 4) is 11.5 Å². The molecule has 8 nitrogen and oxygen atoms in total. The van der Waals surface area contributed by atoms with Gasteiger partial charge in [-0.2, -0.15) is 9.39 Å². The number of amidine groups is 3. The van der Waals surface area contributed by atoms with Crippen LogP contribution in [0.15, 0.2) is 50.7 Å². The van der Waals surface area contributed by atoms with Gasteiger partial charge in [-0.25, -0.2) is 9.69 Å². The number of carbonyl (C=O) groups excluding carboxylic acids is 2. The second-order valence-electron chi connectivity index (χ2n) is 6.12. The topological polar surface area (TPSA) is 104 Å². The molecule has 0 spiro atoms. The lowest BCUT2D eigenvalue weighted by molar-refractivity contribution is -0.114. The molecule has 2 aliphatic rings. The molecule has 4 rings (SSSR count). The smallest absolute Gasteiger partial charge is 0.353 e. The number of ether oxygens (including phenoxy) is 2. The number of aliphatic imine (C=N–C) groups is 1. The number of thiophene rings is 1. The molecule has 2 aliphatic heterocycles. The van der Waals surface area contributed by atoms with Gasteiger partial charge >= 0.3 is 5.97 Å². The summed E-state index contributed by atoms with van der Waals surface area (Å²) in [6.45, 7) is 2.19. The fourth-order valence-electron chi connectivity index (χ4n) is 2.81. The minimum absolute atomic E-state index is 0.0132. The third kappa shape index (κ3) is 4.29. The van der Waals surface area contributed by atoms with Crippen molar-refractivity contribution in [1.29, 1.82) is 5.41 Å². The minimum atomic E-state index is -0.507. The van der Waals surface area contributed by atoms with Crippen LogP contribution in [0, 0.1) is 5.41 Å². The summed E-state index contributed by atoms with van der Waals surface area (Å²) in [5, 5.41) is 11.3. The molecule has 1 N–H and O–H groups in total. The minimum Gasteiger partial charge on any atom is -0.490 e. The van der Waals surface area contributed by atoms with Crippen molar-refractivity contribution in [3.05, 3.63) is 51.7 Å². The summed E-state index contributed by atoms with van der Waals surface area (Å²) in [5.74, 6) is -0.320. The van der Waals surface area contributed by atoms with Crippen molar-refractivity contribution in [3.63, 3.8) is 0 Å². The van der Waals surface area contributed by atoms with Crippen molar-refractivity contribution >= 4 is 69.2 Å². The number of amides is 1. The average molecular weight is 473 g/mol. The molecule has 2 aromatic rings. The summed E-state index contributed by atoms with van der Waals surface area (Å²) in [6, 6.07) is 8.42. The van der Waals surface area contributed by atoms with E-state index in [4.69, 9.17) is 14.9 Å². The number of nitrogens with zero attached hydrogens (tertiary/aromatic N) is 3. The van der Waals surface area contributed by atoms with Gasteiger partial charge in [-0.15, -0.1) is 11.3 Å². The third-order valence-corrected chi connectivity index (χ3v) is 6.49. The molecule has 0 atom stereocenters. The summed E-state index contributed by atoms with van der Waals surface area (Å²) < 4.78 is 15.3. The highest BCUT2D eigenvalue weighted by atomic mass is 32.2. The molecule has 0 fully saturated rings. The van der Waals surface area contributed by atoms with E-state index in [1.54, 1.807) is 46.7 Å². The van der Waals surface area contributed by atoms with E-state index in [9.17, 15) is 9.59 Å². The van der Waals surface area contributed by atoms with E-state index in [-0.39, 0.29) is 17.2 Å². The van der Waals surface area contributed by atoms with Crippen molar-refractivity contribution in [2.45, 2.75) is 6.92 Å². The molecule has 0 bridgehead atoms. The first-order valence-electron chi connectivity index (χ1n) is 9.07. The van der Waals surface area contributed by atoms with Crippen LogP contribution in [0.1, 0.15) is 22.2 Å². The van der Waals surface area contributed by atoms with Gasteiger partial charge in [0.15, 0.2) is 16.7 Å². The Labute approximate surface area is 190 Å². The molecule has 11 heteroatoms. The molecule has 31 heavy (non-hydrogen) atoms. The Morgan fingerprint density at radius 1 is 1.32 bits per heavy atom. The predicted molar refractivity (Wildman–Crippen MR) is 125 cm³/mol. The van der Waals surface area contributed by atoms with Crippen LogP contribution in [-0.4, -0.2) is 45.8 Å². The van der Waals surface area contributed by atoms with Crippen molar-refractivity contribution < 1.29 is 19.1 Å². The van der Waals surface area contributed by atoms with Crippen LogP contribution in [0.2, 0.25) is 0 Å². The first kappa shape index (κ1) is 21.3. The zero-order chi connectivity index (χ0) is 22.0. The van der Waals surface area contributed by atoms with E-state index in [0.717, 1.165) is 11.9 Å². The van der Waals surface area contributed by atoms with Gasteiger partial charge in [-0.05, 0) is 48.4 Å². The number of esters is 1. The second kappa shape index (κ2) is 9.08. The van der Waals surface area contributed by atoms with Gasteiger partial charge in [-0.1, -0.05) is 23.9 Å². The van der Waals surface area contributed by atoms with Gasteiger partial charge in [-0.3, -0.25) is 10.2 Å². The van der Waals surface area contributed by atoms with Crippen LogP contribution in [0.4, 0.5) is 0 Å². The fourth-order valence-corrected chi connectivity index (χ4v) is 4.86. The zero-order valence-corrected chi connectivity index (χ0v) is 18.9. The molecule has 0 radical (unpaired) electrons. The number of fused-ring (bicyclic) bond motifs is 1. The zero-order valence-electron chi connectivity index (χ0n) is 16.4. The average Bonchev–Trinajstić information content (AvgIpc) is 3.43. The van der Waals surface area contributed by atoms with Crippen LogP contribution in [0.25, 0.3) is 6.08 Å². The van der Waals surface area contributed by atoms with Crippen LogP contribution in [0.5, 0.6) is 11.5 Å². The summed E-state index contributed by atoms with van der Waals surface area (Å²) in [6.07, 6.45) is 3.42. The Morgan fingerprint density at radius 3 is 2.87 bits per heavy atom. The van der Waals surface area contributed by atoms with Crippen molar-refractivity contribution in [2.24, 2.45) is 9.39 Å². The highest BCUT2D eigenvalue weighted by Crippen LogP contribution is 2.33. The molecular formula is C20H16N4O4S3. The normalized spacial score (nSPS) is 16.8. The van der Waals surface area contributed by atoms with Gasteiger partial charge < -0.3 is 9.47 Å². The van der Waals surface area contributed by atoms with E-state index >= 15 is 0 Å². The van der Waals surface area contributed by atoms with E-state index in [0.29, 0.717) is 33.1 Å². The Balaban J connectivity index is 1.64. The Morgan fingerprint density at radius 2 is 2.16 bits per heavy atom. The maximum absolute atomic E-state index is 12.5. The largest absolute Gasteiger partial charge is 0.490 e. The summed E-state index contributed by atoms with van der Waals surface area (Å²) in [4.78, 5) is 30.9. The van der Waals surface area contributed by atoms with Crippen LogP contribution in [-0.2, 0) is 4.79 Å². The summed E-state index contributed by atoms with van der Waals surface area (Å²) in [5.41, 5.74) is 0.749. The van der Waals surface area contributed by atoms with Gasteiger partial charge in [0, 0.05) is 0 Å². The maximum Gasteiger partial charge on any atom is 0.353 e. The third-order valence-electron chi connectivity index (χ3n) is 4.18. The molecule has 1 aromatic heterocycles. The first-order valence-corrected chi connectivity index (χ1v) is 11.9.